The smallest absolute Gasteiger partial charge is 0.350 e. The highest BCUT2D eigenvalue weighted by Gasteiger charge is 2.22. The summed E-state index contributed by atoms with van der Waals surface area (Å²) >= 11 is 0. The highest BCUT2D eigenvalue weighted by atomic mass is 16.6. The van der Waals surface area contributed by atoms with Crippen LogP contribution in [0.25, 0.3) is 22.3 Å². The molecule has 0 saturated carbocycles. The number of carbonyl (C=O) groups excluding carboxylic acids is 1. The molecule has 0 aliphatic rings. The number of phenolic OH excluding ortho intramolecular Hbond substituents is 1. The molecule has 0 spiro atoms. The van der Waals surface area contributed by atoms with Crippen molar-refractivity contribution in [2.75, 3.05) is 11.9 Å². The van der Waals surface area contributed by atoms with E-state index in [2.05, 4.69) is 15.3 Å². The Hall–Kier alpha value is -4.57. The average molecular weight is 473 g/mol. The molecule has 0 bridgehead atoms. The van der Waals surface area contributed by atoms with Crippen LogP contribution >= 0.6 is 0 Å². The average Bonchev–Trinajstić information content (AvgIpc) is 2.87. The second-order valence-corrected chi connectivity index (χ2v) is 7.80. The number of anilines is 1. The van der Waals surface area contributed by atoms with Crippen molar-refractivity contribution in [3.63, 3.8) is 0 Å². The van der Waals surface area contributed by atoms with E-state index in [1.54, 1.807) is 0 Å². The molecule has 4 rings (SSSR count). The molecule has 0 radical (unpaired) electrons. The summed E-state index contributed by atoms with van der Waals surface area (Å²) in [5.74, 6) is -0.194. The van der Waals surface area contributed by atoms with Gasteiger partial charge >= 0.3 is 5.97 Å². The van der Waals surface area contributed by atoms with Crippen LogP contribution in [0.5, 0.6) is 11.5 Å². The van der Waals surface area contributed by atoms with E-state index in [4.69, 9.17) is 10.5 Å². The van der Waals surface area contributed by atoms with Crippen molar-refractivity contribution >= 4 is 28.4 Å². The standard InChI is InChI=1S/C25H23N5O5/c1-2-15(26)14-27-23-17-7-3-5-9-20(17)28-24(29-23)19-13-16(11-12-22(19)31)35-25(32)18-8-4-6-10-21(18)30(33)34/h3-13,15,31H,2,14,26H2,1H3,(H,27,28,29). The molecule has 1 aromatic heterocycles. The van der Waals surface area contributed by atoms with Gasteiger partial charge in [-0.25, -0.2) is 14.8 Å². The highest BCUT2D eigenvalue weighted by Crippen LogP contribution is 2.33. The number of nitro groups is 1. The summed E-state index contributed by atoms with van der Waals surface area (Å²) < 4.78 is 5.38. The summed E-state index contributed by atoms with van der Waals surface area (Å²) in [6.45, 7) is 2.49. The van der Waals surface area contributed by atoms with E-state index >= 15 is 0 Å². The van der Waals surface area contributed by atoms with Crippen molar-refractivity contribution in [3.05, 3.63) is 82.4 Å². The van der Waals surface area contributed by atoms with Gasteiger partial charge in [0.15, 0.2) is 5.82 Å². The maximum Gasteiger partial charge on any atom is 0.350 e. The van der Waals surface area contributed by atoms with E-state index in [-0.39, 0.29) is 40.2 Å². The molecule has 4 N–H and O–H groups in total. The third kappa shape index (κ3) is 5.17. The largest absolute Gasteiger partial charge is 0.507 e. The number of ether oxygens (including phenoxy) is 1. The number of nitrogens with zero attached hydrogens (tertiary/aromatic N) is 3. The van der Waals surface area contributed by atoms with Gasteiger partial charge in [-0.15, -0.1) is 0 Å². The first kappa shape index (κ1) is 23.6. The molecule has 1 atom stereocenters. The SMILES string of the molecule is CCC(N)CNc1nc(-c2cc(OC(=O)c3ccccc3[N+](=O)[O-])ccc2O)nc2ccccc12. The minimum absolute atomic E-state index is 0.0645. The monoisotopic (exact) mass is 473 g/mol. The first-order valence-electron chi connectivity index (χ1n) is 10.9. The number of fused-ring (bicyclic) bond motifs is 1. The molecule has 0 aliphatic carbocycles. The van der Waals surface area contributed by atoms with Gasteiger partial charge in [0.1, 0.15) is 22.9 Å². The number of rotatable bonds is 8. The third-order valence-corrected chi connectivity index (χ3v) is 5.40. The topological polar surface area (TPSA) is 154 Å². The number of esters is 1. The van der Waals surface area contributed by atoms with Gasteiger partial charge in [0.25, 0.3) is 5.69 Å². The predicted octanol–water partition coefficient (Wildman–Crippen LogP) is 4.28. The van der Waals surface area contributed by atoms with Crippen LogP contribution in [-0.4, -0.2) is 38.6 Å². The number of nitrogens with one attached hydrogen (secondary N) is 1. The normalized spacial score (nSPS) is 11.7. The maximum atomic E-state index is 12.6. The fourth-order valence-electron chi connectivity index (χ4n) is 3.43. The van der Waals surface area contributed by atoms with E-state index in [9.17, 15) is 20.0 Å². The van der Waals surface area contributed by atoms with Crippen molar-refractivity contribution in [2.24, 2.45) is 5.73 Å². The number of carbonyl (C=O) groups is 1. The van der Waals surface area contributed by atoms with Gasteiger partial charge in [0.05, 0.1) is 16.0 Å². The molecule has 4 aromatic rings. The third-order valence-electron chi connectivity index (χ3n) is 5.40. The molecule has 1 heterocycles. The Kier molecular flexibility index (Phi) is 6.83. The lowest BCUT2D eigenvalue weighted by molar-refractivity contribution is -0.385. The first-order valence-corrected chi connectivity index (χ1v) is 10.9. The summed E-state index contributed by atoms with van der Waals surface area (Å²) in [7, 11) is 0. The Bertz CT molecular complexity index is 1410. The van der Waals surface area contributed by atoms with Crippen LogP contribution in [0, 0.1) is 10.1 Å². The zero-order valence-electron chi connectivity index (χ0n) is 18.8. The lowest BCUT2D eigenvalue weighted by Gasteiger charge is -2.14. The lowest BCUT2D eigenvalue weighted by atomic mass is 10.1. The van der Waals surface area contributed by atoms with Gasteiger partial charge in [-0.3, -0.25) is 10.1 Å². The van der Waals surface area contributed by atoms with Gasteiger partial charge in [-0.1, -0.05) is 31.2 Å². The molecule has 10 heteroatoms. The number of hydrogen-bond donors (Lipinski definition) is 3. The zero-order valence-corrected chi connectivity index (χ0v) is 18.8. The van der Waals surface area contributed by atoms with Crippen LogP contribution in [0.1, 0.15) is 23.7 Å². The number of para-hydroxylation sites is 2. The number of aromatic nitrogens is 2. The molecule has 0 aliphatic heterocycles. The first-order chi connectivity index (χ1) is 16.9. The molecule has 0 amide bonds. The fourth-order valence-corrected chi connectivity index (χ4v) is 3.43. The molecular formula is C25H23N5O5. The van der Waals surface area contributed by atoms with Crippen molar-refractivity contribution in [1.29, 1.82) is 0 Å². The molecule has 0 saturated heterocycles. The summed E-state index contributed by atoms with van der Waals surface area (Å²) in [4.78, 5) is 32.4. The van der Waals surface area contributed by atoms with E-state index < -0.39 is 10.9 Å². The Labute approximate surface area is 200 Å². The van der Waals surface area contributed by atoms with Crippen molar-refractivity contribution in [3.8, 4) is 22.9 Å². The molecule has 1 unspecified atom stereocenters. The minimum Gasteiger partial charge on any atom is -0.507 e. The van der Waals surface area contributed by atoms with Gasteiger partial charge in [-0.2, -0.15) is 0 Å². The van der Waals surface area contributed by atoms with Crippen LogP contribution < -0.4 is 15.8 Å². The van der Waals surface area contributed by atoms with Crippen LogP contribution in [-0.2, 0) is 0 Å². The minimum atomic E-state index is -0.899. The predicted molar refractivity (Wildman–Crippen MR) is 131 cm³/mol. The van der Waals surface area contributed by atoms with Crippen LogP contribution in [0.4, 0.5) is 11.5 Å². The van der Waals surface area contributed by atoms with Gasteiger partial charge in [0.2, 0.25) is 0 Å². The van der Waals surface area contributed by atoms with E-state index in [1.165, 1.54) is 42.5 Å². The number of hydrogen-bond acceptors (Lipinski definition) is 9. The number of nitrogens with two attached hydrogens (primary N) is 1. The summed E-state index contributed by atoms with van der Waals surface area (Å²) in [5, 5.41) is 25.8. The number of phenols is 1. The molecule has 0 fully saturated rings. The zero-order chi connectivity index (χ0) is 24.9. The quantitative estimate of drug-likeness (QED) is 0.147. The van der Waals surface area contributed by atoms with E-state index in [0.29, 0.717) is 17.9 Å². The van der Waals surface area contributed by atoms with E-state index in [1.807, 2.05) is 31.2 Å². The highest BCUT2D eigenvalue weighted by molar-refractivity contribution is 5.95. The number of nitro benzene ring substituents is 1. The lowest BCUT2D eigenvalue weighted by Crippen LogP contribution is -2.28. The molecule has 178 valence electrons. The Balaban J connectivity index is 1.70. The van der Waals surface area contributed by atoms with Crippen molar-refractivity contribution < 1.29 is 19.6 Å². The molecular weight excluding hydrogens is 450 g/mol. The second-order valence-electron chi connectivity index (χ2n) is 7.80. The summed E-state index contributed by atoms with van der Waals surface area (Å²) in [6, 6.07) is 17.0. The van der Waals surface area contributed by atoms with Crippen LogP contribution in [0.15, 0.2) is 66.7 Å². The summed E-state index contributed by atoms with van der Waals surface area (Å²) in [5.41, 5.74) is 6.37. The number of aromatic hydroxyl groups is 1. The maximum absolute atomic E-state index is 12.6. The Morgan fingerprint density at radius 3 is 2.66 bits per heavy atom. The van der Waals surface area contributed by atoms with E-state index in [0.717, 1.165) is 11.8 Å². The van der Waals surface area contributed by atoms with Crippen molar-refractivity contribution in [1.82, 2.24) is 9.97 Å². The molecule has 3 aromatic carbocycles. The Morgan fingerprint density at radius 1 is 1.14 bits per heavy atom. The second kappa shape index (κ2) is 10.1. The van der Waals surface area contributed by atoms with Crippen LogP contribution in [0.2, 0.25) is 0 Å². The van der Waals surface area contributed by atoms with Gasteiger partial charge in [-0.05, 0) is 42.8 Å². The van der Waals surface area contributed by atoms with Crippen molar-refractivity contribution in [2.45, 2.75) is 19.4 Å². The van der Waals surface area contributed by atoms with Crippen LogP contribution in [0.3, 0.4) is 0 Å². The fraction of sp³-hybridized carbons (Fsp3) is 0.160. The molecule has 10 nitrogen and oxygen atoms in total. The number of benzene rings is 3. The van der Waals surface area contributed by atoms with Gasteiger partial charge in [0, 0.05) is 24.0 Å². The summed E-state index contributed by atoms with van der Waals surface area (Å²) in [6.07, 6.45) is 0.788. The Morgan fingerprint density at radius 2 is 1.89 bits per heavy atom. The molecule has 35 heavy (non-hydrogen) atoms. The van der Waals surface area contributed by atoms with Gasteiger partial charge < -0.3 is 20.9 Å².